The average molecular weight is 600 g/mol. The second kappa shape index (κ2) is 9.32. The Morgan fingerprint density at radius 1 is 0.467 bits per heavy atom. The van der Waals surface area contributed by atoms with Crippen molar-refractivity contribution < 1.29 is 4.42 Å². The van der Waals surface area contributed by atoms with Gasteiger partial charge in [0, 0.05) is 54.1 Å². The molecule has 1 aliphatic rings. The molecule has 0 spiro atoms. The van der Waals surface area contributed by atoms with Gasteiger partial charge in [-0.2, -0.15) is 0 Å². The zero-order valence-electron chi connectivity index (χ0n) is 25.9. The highest BCUT2D eigenvalue weighted by atomic mass is 32.1. The molecule has 2 aromatic heterocycles. The zero-order valence-corrected chi connectivity index (χ0v) is 26.7. The minimum absolute atomic E-state index is 0.0803. The van der Waals surface area contributed by atoms with Crippen molar-refractivity contribution in [3.05, 3.63) is 139 Å². The van der Waals surface area contributed by atoms with Crippen LogP contribution >= 0.6 is 11.3 Å². The van der Waals surface area contributed by atoms with Gasteiger partial charge in [0.2, 0.25) is 0 Å². The van der Waals surface area contributed by atoms with Crippen molar-refractivity contribution in [3.63, 3.8) is 0 Å². The van der Waals surface area contributed by atoms with Gasteiger partial charge in [-0.15, -0.1) is 11.3 Å². The summed E-state index contributed by atoms with van der Waals surface area (Å²) in [5.41, 5.74) is 10.5. The van der Waals surface area contributed by atoms with Gasteiger partial charge in [-0.3, -0.25) is 0 Å². The summed E-state index contributed by atoms with van der Waals surface area (Å²) in [5.74, 6) is 0. The Labute approximate surface area is 267 Å². The third kappa shape index (κ3) is 3.74. The van der Waals surface area contributed by atoms with Crippen LogP contribution in [0, 0.1) is 0 Å². The minimum atomic E-state index is -0.110. The summed E-state index contributed by atoms with van der Waals surface area (Å²) in [6.45, 7) is 9.68. The van der Waals surface area contributed by atoms with Crippen LogP contribution < -0.4 is 4.90 Å². The summed E-state index contributed by atoms with van der Waals surface area (Å²) >= 11 is 1.91. The van der Waals surface area contributed by atoms with Crippen molar-refractivity contribution in [2.24, 2.45) is 0 Å². The largest absolute Gasteiger partial charge is 0.456 e. The van der Waals surface area contributed by atoms with Crippen molar-refractivity contribution in [2.45, 2.75) is 38.5 Å². The third-order valence-corrected chi connectivity index (χ3v) is 11.7. The molecule has 0 radical (unpaired) electrons. The molecule has 0 saturated carbocycles. The Balaban J connectivity index is 1.27. The van der Waals surface area contributed by atoms with Crippen LogP contribution in [0.1, 0.15) is 38.8 Å². The minimum Gasteiger partial charge on any atom is -0.456 e. The number of hydrogen-bond donors (Lipinski definition) is 0. The molecule has 0 amide bonds. The van der Waals surface area contributed by atoms with Crippen molar-refractivity contribution in [3.8, 4) is 11.1 Å². The molecule has 218 valence electrons. The van der Waals surface area contributed by atoms with Gasteiger partial charge in [0.05, 0.1) is 0 Å². The fourth-order valence-electron chi connectivity index (χ4n) is 7.49. The van der Waals surface area contributed by atoms with Gasteiger partial charge in [-0.25, -0.2) is 0 Å². The number of fused-ring (bicyclic) bond motifs is 9. The van der Waals surface area contributed by atoms with E-state index in [2.05, 4.69) is 148 Å². The predicted molar refractivity (Wildman–Crippen MR) is 193 cm³/mol. The van der Waals surface area contributed by atoms with E-state index in [0.29, 0.717) is 0 Å². The van der Waals surface area contributed by atoms with Crippen molar-refractivity contribution in [2.75, 3.05) is 4.90 Å². The molecule has 45 heavy (non-hydrogen) atoms. The highest BCUT2D eigenvalue weighted by molar-refractivity contribution is 7.25. The van der Waals surface area contributed by atoms with Crippen molar-refractivity contribution in [1.82, 2.24) is 0 Å². The first kappa shape index (κ1) is 26.5. The monoisotopic (exact) mass is 599 g/mol. The first-order valence-corrected chi connectivity index (χ1v) is 16.5. The molecule has 0 N–H and O–H groups in total. The molecule has 0 atom stereocenters. The molecule has 2 heterocycles. The fourth-order valence-corrected chi connectivity index (χ4v) is 8.61. The van der Waals surface area contributed by atoms with Crippen molar-refractivity contribution >= 4 is 70.5 Å². The summed E-state index contributed by atoms with van der Waals surface area (Å²) in [6, 6.07) is 46.4. The topological polar surface area (TPSA) is 16.4 Å². The quantitative estimate of drug-likeness (QED) is 0.201. The van der Waals surface area contributed by atoms with Crippen LogP contribution in [0.15, 0.2) is 132 Å². The fraction of sp³-hybridized carbons (Fsp3) is 0.143. The first-order chi connectivity index (χ1) is 21.8. The van der Waals surface area contributed by atoms with Crippen LogP contribution in [-0.2, 0) is 10.8 Å². The van der Waals surface area contributed by atoms with Gasteiger partial charge in [0.25, 0.3) is 0 Å². The molecule has 1 aliphatic carbocycles. The lowest BCUT2D eigenvalue weighted by atomic mass is 9.55. The molecule has 8 aromatic rings. The first-order valence-electron chi connectivity index (χ1n) is 15.7. The summed E-state index contributed by atoms with van der Waals surface area (Å²) in [5, 5.41) is 4.98. The Hall–Kier alpha value is -4.86. The number of hydrogen-bond acceptors (Lipinski definition) is 3. The lowest BCUT2D eigenvalue weighted by Crippen LogP contribution is -2.43. The summed E-state index contributed by atoms with van der Waals surface area (Å²) in [7, 11) is 0. The van der Waals surface area contributed by atoms with Gasteiger partial charge >= 0.3 is 0 Å². The molecule has 3 heteroatoms. The number of benzene rings is 6. The summed E-state index contributed by atoms with van der Waals surface area (Å²) < 4.78 is 9.06. The molecule has 0 unspecified atom stereocenters. The lowest BCUT2D eigenvalue weighted by Gasteiger charge is -2.48. The number of para-hydroxylation sites is 2. The molecule has 9 rings (SSSR count). The van der Waals surface area contributed by atoms with Crippen LogP contribution in [0.2, 0.25) is 0 Å². The molecular weight excluding hydrogens is 567 g/mol. The van der Waals surface area contributed by atoms with E-state index in [0.717, 1.165) is 39.0 Å². The van der Waals surface area contributed by atoms with Crippen LogP contribution in [0.5, 0.6) is 0 Å². The predicted octanol–water partition coefficient (Wildman–Crippen LogP) is 12.7. The standard InChI is InChI=1S/C42H33NOS/c1-41(2)35-22-27(18-20-29(35)33-24-34-32-15-9-11-17-39(32)45-40(34)25-36(33)42(41,3)4)43(26-12-6-5-7-13-26)28-19-21-31-30-14-8-10-16-37(30)44-38(31)23-28/h5-25H,1-4H3. The Morgan fingerprint density at radius 3 is 1.93 bits per heavy atom. The SMILES string of the molecule is CC1(C)c2cc(N(c3ccccc3)c3ccc4c(c3)oc3ccccc34)ccc2-c2cc3c(cc2C1(C)C)sc1ccccc13. The summed E-state index contributed by atoms with van der Waals surface area (Å²) in [4.78, 5) is 2.36. The number of furan rings is 1. The number of anilines is 3. The van der Waals surface area contributed by atoms with Gasteiger partial charge in [0.15, 0.2) is 0 Å². The van der Waals surface area contributed by atoms with Crippen LogP contribution in [0.25, 0.3) is 53.2 Å². The molecular formula is C42H33NOS. The van der Waals surface area contributed by atoms with E-state index in [1.807, 2.05) is 23.5 Å². The second-order valence-electron chi connectivity index (χ2n) is 13.4. The maximum Gasteiger partial charge on any atom is 0.137 e. The molecule has 6 aromatic carbocycles. The van der Waals surface area contributed by atoms with Crippen LogP contribution in [-0.4, -0.2) is 0 Å². The average Bonchev–Trinajstić information content (AvgIpc) is 3.61. The maximum absolute atomic E-state index is 6.34. The van der Waals surface area contributed by atoms with Gasteiger partial charge in [-0.05, 0) is 93.7 Å². The van der Waals surface area contributed by atoms with Crippen molar-refractivity contribution in [1.29, 1.82) is 0 Å². The van der Waals surface area contributed by atoms with Crippen LogP contribution in [0.3, 0.4) is 0 Å². The second-order valence-corrected chi connectivity index (χ2v) is 14.5. The van der Waals surface area contributed by atoms with E-state index >= 15 is 0 Å². The van der Waals surface area contributed by atoms with E-state index in [-0.39, 0.29) is 10.8 Å². The molecule has 0 bridgehead atoms. The van der Waals surface area contributed by atoms with E-state index < -0.39 is 0 Å². The maximum atomic E-state index is 6.34. The van der Waals surface area contributed by atoms with E-state index in [9.17, 15) is 0 Å². The zero-order chi connectivity index (χ0) is 30.5. The van der Waals surface area contributed by atoms with Gasteiger partial charge in [0.1, 0.15) is 11.2 Å². The van der Waals surface area contributed by atoms with Gasteiger partial charge in [-0.1, -0.05) is 88.4 Å². The summed E-state index contributed by atoms with van der Waals surface area (Å²) in [6.07, 6.45) is 0. The number of thiophene rings is 1. The lowest BCUT2D eigenvalue weighted by molar-refractivity contribution is 0.299. The van der Waals surface area contributed by atoms with E-state index in [4.69, 9.17) is 4.42 Å². The normalized spacial score (nSPS) is 15.0. The molecule has 0 aliphatic heterocycles. The highest BCUT2D eigenvalue weighted by Crippen LogP contribution is 2.56. The molecule has 2 nitrogen and oxygen atoms in total. The number of rotatable bonds is 3. The molecule has 0 fully saturated rings. The van der Waals surface area contributed by atoms with Gasteiger partial charge < -0.3 is 9.32 Å². The van der Waals surface area contributed by atoms with E-state index in [1.54, 1.807) is 0 Å². The Bertz CT molecular complexity index is 2440. The highest BCUT2D eigenvalue weighted by Gasteiger charge is 2.46. The Morgan fingerprint density at radius 2 is 1.11 bits per heavy atom. The number of nitrogens with zero attached hydrogens (tertiary/aromatic N) is 1. The van der Waals surface area contributed by atoms with E-state index in [1.165, 1.54) is 42.4 Å². The Kier molecular flexibility index (Phi) is 5.50. The smallest absolute Gasteiger partial charge is 0.137 e. The third-order valence-electron chi connectivity index (χ3n) is 10.6. The van der Waals surface area contributed by atoms with Crippen LogP contribution in [0.4, 0.5) is 17.1 Å². The molecule has 0 saturated heterocycles.